The lowest BCUT2D eigenvalue weighted by Gasteiger charge is -2.12. The highest BCUT2D eigenvalue weighted by Crippen LogP contribution is 2.36. The minimum atomic E-state index is 0.722. The highest BCUT2D eigenvalue weighted by molar-refractivity contribution is 6.10. The molecule has 0 aliphatic heterocycles. The summed E-state index contributed by atoms with van der Waals surface area (Å²) < 4.78 is 0. The van der Waals surface area contributed by atoms with Crippen molar-refractivity contribution >= 4 is 33.2 Å². The van der Waals surface area contributed by atoms with Crippen LogP contribution in [0, 0.1) is 6.92 Å². The number of aryl methyl sites for hydroxylation is 1. The zero-order chi connectivity index (χ0) is 16.0. The third-order valence-corrected chi connectivity index (χ3v) is 4.15. The number of benzene rings is 3. The zero-order valence-corrected chi connectivity index (χ0v) is 12.9. The molecule has 3 nitrogen and oxygen atoms in total. The predicted octanol–water partition coefficient (Wildman–Crippen LogP) is 4.53. The first-order valence-electron chi connectivity index (χ1n) is 7.57. The Morgan fingerprint density at radius 1 is 0.696 bits per heavy atom. The molecule has 4 N–H and O–H groups in total. The van der Waals surface area contributed by atoms with Gasteiger partial charge in [-0.25, -0.2) is 4.98 Å². The molecule has 0 aliphatic rings. The molecule has 0 radical (unpaired) electrons. The maximum absolute atomic E-state index is 5.94. The van der Waals surface area contributed by atoms with E-state index in [1.165, 1.54) is 11.1 Å². The summed E-state index contributed by atoms with van der Waals surface area (Å²) in [7, 11) is 0. The van der Waals surface area contributed by atoms with Gasteiger partial charge >= 0.3 is 0 Å². The van der Waals surface area contributed by atoms with Crippen LogP contribution in [-0.4, -0.2) is 4.98 Å². The summed E-state index contributed by atoms with van der Waals surface area (Å²) in [6, 6.07) is 20.2. The van der Waals surface area contributed by atoms with Crippen LogP contribution in [0.2, 0.25) is 0 Å². The predicted molar refractivity (Wildman–Crippen MR) is 98.2 cm³/mol. The van der Waals surface area contributed by atoms with Crippen molar-refractivity contribution in [2.24, 2.45) is 0 Å². The summed E-state index contributed by atoms with van der Waals surface area (Å²) in [6.07, 6.45) is 0. The smallest absolute Gasteiger partial charge is 0.0736 e. The fraction of sp³-hybridized carbons (Fsp3) is 0.0500. The highest BCUT2D eigenvalue weighted by Gasteiger charge is 2.11. The van der Waals surface area contributed by atoms with E-state index in [2.05, 4.69) is 37.3 Å². The molecule has 4 rings (SSSR count). The standard InChI is InChI=1S/C20H17N3/c1-12-2-9-18-17(10-12)20(13-3-5-14(21)6-4-13)16-8-7-15(22)11-19(16)23-18/h2-11H,21-22H2,1H3. The number of nitrogen functional groups attached to an aromatic ring is 2. The van der Waals surface area contributed by atoms with Crippen LogP contribution < -0.4 is 11.5 Å². The zero-order valence-electron chi connectivity index (χ0n) is 12.9. The van der Waals surface area contributed by atoms with Crippen LogP contribution in [0.3, 0.4) is 0 Å². The molecule has 0 bridgehead atoms. The van der Waals surface area contributed by atoms with E-state index in [0.29, 0.717) is 0 Å². The van der Waals surface area contributed by atoms with Crippen molar-refractivity contribution in [2.75, 3.05) is 11.5 Å². The Labute approximate surface area is 134 Å². The largest absolute Gasteiger partial charge is 0.399 e. The van der Waals surface area contributed by atoms with E-state index in [-0.39, 0.29) is 0 Å². The number of nitrogens with zero attached hydrogens (tertiary/aromatic N) is 1. The third kappa shape index (κ3) is 2.27. The summed E-state index contributed by atoms with van der Waals surface area (Å²) in [5.41, 5.74) is 18.7. The first kappa shape index (κ1) is 13.6. The molecule has 1 heterocycles. The van der Waals surface area contributed by atoms with Gasteiger partial charge in [0, 0.05) is 27.7 Å². The molecule has 3 heteroatoms. The van der Waals surface area contributed by atoms with Crippen molar-refractivity contribution in [3.63, 3.8) is 0 Å². The van der Waals surface area contributed by atoms with Crippen LogP contribution in [0.4, 0.5) is 11.4 Å². The molecular formula is C20H17N3. The van der Waals surface area contributed by atoms with E-state index < -0.39 is 0 Å². The van der Waals surface area contributed by atoms with E-state index >= 15 is 0 Å². The lowest BCUT2D eigenvalue weighted by Crippen LogP contribution is -1.92. The average Bonchev–Trinajstić information content (AvgIpc) is 2.54. The summed E-state index contributed by atoms with van der Waals surface area (Å²) in [6.45, 7) is 2.10. The van der Waals surface area contributed by atoms with Gasteiger partial charge in [0.15, 0.2) is 0 Å². The fourth-order valence-electron chi connectivity index (χ4n) is 3.04. The molecule has 1 aromatic heterocycles. The number of fused-ring (bicyclic) bond motifs is 2. The number of aromatic nitrogens is 1. The molecule has 0 fully saturated rings. The number of hydrogen-bond acceptors (Lipinski definition) is 3. The van der Waals surface area contributed by atoms with E-state index in [4.69, 9.17) is 16.5 Å². The molecule has 0 amide bonds. The van der Waals surface area contributed by atoms with Crippen molar-refractivity contribution in [3.8, 4) is 11.1 Å². The number of anilines is 2. The van der Waals surface area contributed by atoms with Crippen LogP contribution in [0.25, 0.3) is 32.9 Å². The topological polar surface area (TPSA) is 64.9 Å². The lowest BCUT2D eigenvalue weighted by molar-refractivity contribution is 1.45. The maximum atomic E-state index is 5.94. The number of hydrogen-bond donors (Lipinski definition) is 2. The SMILES string of the molecule is Cc1ccc2nc3cc(N)ccc3c(-c3ccc(N)cc3)c2c1. The Morgan fingerprint density at radius 2 is 1.43 bits per heavy atom. The Bertz CT molecular complexity index is 1030. The van der Waals surface area contributed by atoms with Gasteiger partial charge in [0.1, 0.15) is 0 Å². The Hall–Kier alpha value is -3.07. The molecule has 23 heavy (non-hydrogen) atoms. The molecule has 0 unspecified atom stereocenters. The van der Waals surface area contributed by atoms with E-state index in [1.807, 2.05) is 30.3 Å². The molecule has 0 aliphatic carbocycles. The van der Waals surface area contributed by atoms with E-state index in [0.717, 1.165) is 38.7 Å². The van der Waals surface area contributed by atoms with Crippen LogP contribution in [0.5, 0.6) is 0 Å². The van der Waals surface area contributed by atoms with Crippen LogP contribution in [-0.2, 0) is 0 Å². The normalized spacial score (nSPS) is 11.2. The van der Waals surface area contributed by atoms with Crippen molar-refractivity contribution in [2.45, 2.75) is 6.92 Å². The Kier molecular flexibility index (Phi) is 2.95. The minimum Gasteiger partial charge on any atom is -0.399 e. The third-order valence-electron chi connectivity index (χ3n) is 4.15. The van der Waals surface area contributed by atoms with E-state index in [9.17, 15) is 0 Å². The van der Waals surface area contributed by atoms with Crippen molar-refractivity contribution in [1.29, 1.82) is 0 Å². The number of nitrogens with two attached hydrogens (primary N) is 2. The second-order valence-electron chi connectivity index (χ2n) is 5.91. The highest BCUT2D eigenvalue weighted by atomic mass is 14.7. The van der Waals surface area contributed by atoms with Crippen LogP contribution in [0.15, 0.2) is 60.7 Å². The van der Waals surface area contributed by atoms with Gasteiger partial charge in [-0.15, -0.1) is 0 Å². The van der Waals surface area contributed by atoms with Gasteiger partial charge in [0.25, 0.3) is 0 Å². The van der Waals surface area contributed by atoms with Crippen molar-refractivity contribution in [1.82, 2.24) is 4.98 Å². The van der Waals surface area contributed by atoms with Crippen LogP contribution in [0.1, 0.15) is 5.56 Å². The second kappa shape index (κ2) is 4.99. The Morgan fingerprint density at radius 3 is 2.22 bits per heavy atom. The molecule has 0 saturated carbocycles. The van der Waals surface area contributed by atoms with Gasteiger partial charge < -0.3 is 11.5 Å². The molecule has 112 valence electrons. The minimum absolute atomic E-state index is 0.722. The van der Waals surface area contributed by atoms with Crippen molar-refractivity contribution < 1.29 is 0 Å². The summed E-state index contributed by atoms with van der Waals surface area (Å²) in [5.74, 6) is 0. The molecule has 0 atom stereocenters. The van der Waals surface area contributed by atoms with Gasteiger partial charge in [0.2, 0.25) is 0 Å². The van der Waals surface area contributed by atoms with Gasteiger partial charge in [-0.05, 0) is 48.9 Å². The average molecular weight is 299 g/mol. The van der Waals surface area contributed by atoms with Crippen LogP contribution >= 0.6 is 0 Å². The summed E-state index contributed by atoms with van der Waals surface area (Å²) in [5, 5.41) is 2.24. The molecule has 4 aromatic rings. The van der Waals surface area contributed by atoms with Crippen molar-refractivity contribution in [3.05, 3.63) is 66.2 Å². The Balaban J connectivity index is 2.19. The molecule has 3 aromatic carbocycles. The summed E-state index contributed by atoms with van der Waals surface area (Å²) >= 11 is 0. The van der Waals surface area contributed by atoms with Gasteiger partial charge in [0.05, 0.1) is 11.0 Å². The lowest BCUT2D eigenvalue weighted by atomic mass is 9.95. The number of pyridine rings is 1. The maximum Gasteiger partial charge on any atom is 0.0736 e. The molecule has 0 saturated heterocycles. The van der Waals surface area contributed by atoms with Gasteiger partial charge in [-0.3, -0.25) is 0 Å². The van der Waals surface area contributed by atoms with Gasteiger partial charge in [-0.1, -0.05) is 29.8 Å². The van der Waals surface area contributed by atoms with E-state index in [1.54, 1.807) is 0 Å². The molecule has 0 spiro atoms. The number of rotatable bonds is 1. The second-order valence-corrected chi connectivity index (χ2v) is 5.91. The quantitative estimate of drug-likeness (QED) is 0.401. The molecular weight excluding hydrogens is 282 g/mol. The first-order chi connectivity index (χ1) is 11.1. The first-order valence-corrected chi connectivity index (χ1v) is 7.57. The monoisotopic (exact) mass is 299 g/mol. The fourth-order valence-corrected chi connectivity index (χ4v) is 3.04. The van der Waals surface area contributed by atoms with Gasteiger partial charge in [-0.2, -0.15) is 0 Å². The summed E-state index contributed by atoms with van der Waals surface area (Å²) in [4.78, 5) is 4.78.